The van der Waals surface area contributed by atoms with E-state index >= 15 is 0 Å². The molecule has 0 amide bonds. The summed E-state index contributed by atoms with van der Waals surface area (Å²) < 4.78 is 0. The number of allylic oxidation sites excluding steroid dienone is 1. The molecule has 9 aromatic carbocycles. The molecule has 13 rings (SSSR count). The summed E-state index contributed by atoms with van der Waals surface area (Å²) in [5.41, 5.74) is 23.6. The maximum Gasteiger partial charge on any atom is 0.0297 e. The molecular weight excluding hydrogens is 661 g/mol. The third-order valence-corrected chi connectivity index (χ3v) is 13.2. The average molecular weight is 695 g/mol. The van der Waals surface area contributed by atoms with Gasteiger partial charge in [-0.2, -0.15) is 0 Å². The Bertz CT molecular complexity index is 3130. The van der Waals surface area contributed by atoms with E-state index in [-0.39, 0.29) is 5.41 Å². The summed E-state index contributed by atoms with van der Waals surface area (Å²) >= 11 is 0. The Hall–Kier alpha value is -6.76. The van der Waals surface area contributed by atoms with E-state index in [1.807, 2.05) is 0 Å². The lowest BCUT2D eigenvalue weighted by Crippen LogP contribution is -2.15. The molecule has 0 aliphatic heterocycles. The minimum atomic E-state index is -0.0699. The smallest absolute Gasteiger partial charge is 0.0297 e. The Balaban J connectivity index is 1.21. The summed E-state index contributed by atoms with van der Waals surface area (Å²) in [7, 11) is 0. The first kappa shape index (κ1) is 29.7. The third-order valence-electron chi connectivity index (χ3n) is 13.2. The van der Waals surface area contributed by atoms with Crippen molar-refractivity contribution in [2.75, 3.05) is 0 Å². The van der Waals surface area contributed by atoms with Gasteiger partial charge in [0.1, 0.15) is 0 Å². The molecule has 2 unspecified atom stereocenters. The summed E-state index contributed by atoms with van der Waals surface area (Å²) in [6, 6.07) is 68.0. The highest BCUT2D eigenvalue weighted by molar-refractivity contribution is 6.24. The van der Waals surface area contributed by atoms with E-state index in [2.05, 4.69) is 188 Å². The van der Waals surface area contributed by atoms with Crippen LogP contribution in [-0.4, -0.2) is 0 Å². The Morgan fingerprint density at radius 1 is 0.309 bits per heavy atom. The molecule has 0 bridgehead atoms. The van der Waals surface area contributed by atoms with Crippen molar-refractivity contribution in [2.45, 2.75) is 11.8 Å². The van der Waals surface area contributed by atoms with Crippen LogP contribution in [0.1, 0.15) is 28.7 Å². The number of hydrogen-bond acceptors (Lipinski definition) is 0. The van der Waals surface area contributed by atoms with E-state index in [1.165, 1.54) is 111 Å². The highest BCUT2D eigenvalue weighted by atomic mass is 14.7. The fraction of sp³-hybridized carbons (Fsp3) is 0.0545. The highest BCUT2D eigenvalue weighted by Gasteiger charge is 2.65. The van der Waals surface area contributed by atoms with Gasteiger partial charge >= 0.3 is 0 Å². The van der Waals surface area contributed by atoms with Crippen LogP contribution in [0.15, 0.2) is 188 Å². The molecule has 0 heterocycles. The second kappa shape index (κ2) is 10.7. The van der Waals surface area contributed by atoms with Crippen molar-refractivity contribution in [3.05, 3.63) is 210 Å². The van der Waals surface area contributed by atoms with Crippen molar-refractivity contribution in [1.29, 1.82) is 0 Å². The van der Waals surface area contributed by atoms with Crippen LogP contribution >= 0.6 is 0 Å². The molecule has 4 aliphatic rings. The number of fused-ring (bicyclic) bond motifs is 7. The molecule has 0 N–H and O–H groups in total. The number of benzene rings is 9. The van der Waals surface area contributed by atoms with Crippen molar-refractivity contribution in [1.82, 2.24) is 0 Å². The molecule has 1 spiro atoms. The normalized spacial score (nSPS) is 17.7. The molecule has 0 heteroatoms. The van der Waals surface area contributed by atoms with Crippen molar-refractivity contribution < 1.29 is 0 Å². The Morgan fingerprint density at radius 2 is 0.709 bits per heavy atom. The van der Waals surface area contributed by atoms with Gasteiger partial charge in [0.15, 0.2) is 0 Å². The van der Waals surface area contributed by atoms with E-state index in [0.717, 1.165) is 6.42 Å². The molecule has 1 fully saturated rings. The van der Waals surface area contributed by atoms with E-state index in [0.29, 0.717) is 5.92 Å². The minimum Gasteiger partial charge on any atom is -0.0716 e. The molecule has 0 saturated heterocycles. The molecule has 1 saturated carbocycles. The van der Waals surface area contributed by atoms with Gasteiger partial charge in [-0.25, -0.2) is 0 Å². The molecular formula is C55H34. The van der Waals surface area contributed by atoms with Crippen LogP contribution < -0.4 is 0 Å². The molecule has 0 aromatic heterocycles. The van der Waals surface area contributed by atoms with Crippen LogP contribution in [0.25, 0.3) is 93.9 Å². The Kier molecular flexibility index (Phi) is 5.76. The van der Waals surface area contributed by atoms with Crippen LogP contribution in [0.5, 0.6) is 0 Å². The quantitative estimate of drug-likeness (QED) is 0.172. The first-order valence-corrected chi connectivity index (χ1v) is 19.6. The lowest BCUT2D eigenvalue weighted by atomic mass is 9.76. The zero-order chi connectivity index (χ0) is 35.8. The summed E-state index contributed by atoms with van der Waals surface area (Å²) in [6.45, 7) is 0. The zero-order valence-electron chi connectivity index (χ0n) is 30.2. The minimum absolute atomic E-state index is 0.0699. The van der Waals surface area contributed by atoms with E-state index < -0.39 is 0 Å². The largest absolute Gasteiger partial charge is 0.0716 e. The van der Waals surface area contributed by atoms with E-state index in [1.54, 1.807) is 5.56 Å². The monoisotopic (exact) mass is 694 g/mol. The first-order chi connectivity index (χ1) is 27.3. The molecule has 0 nitrogen and oxygen atoms in total. The molecule has 55 heavy (non-hydrogen) atoms. The Morgan fingerprint density at radius 3 is 1.22 bits per heavy atom. The zero-order valence-corrected chi connectivity index (χ0v) is 30.2. The van der Waals surface area contributed by atoms with Crippen LogP contribution in [0.2, 0.25) is 0 Å². The van der Waals surface area contributed by atoms with Gasteiger partial charge in [-0.3, -0.25) is 0 Å². The standard InChI is InChI=1S/C55H34/c1-5-17-33(18-6-1)45-38-25-13-14-26-39(38)46(34-19-7-2-8-20-34)51-44-31-37-32-55(37)53-43(30-29-42(49(44)53)50(45)51)52-47(35-21-9-3-10-22-35)40-27-15-16-28-41(40)48(54(52)55)36-23-11-4-12-24-36/h1-31,37H,32H2. The van der Waals surface area contributed by atoms with Gasteiger partial charge in [0, 0.05) is 5.41 Å². The maximum absolute atomic E-state index is 2.71. The highest BCUT2D eigenvalue weighted by Crippen LogP contribution is 2.76. The summed E-state index contributed by atoms with van der Waals surface area (Å²) in [6.07, 6.45) is 3.84. The molecule has 4 aliphatic carbocycles. The molecule has 2 atom stereocenters. The lowest BCUT2D eigenvalue weighted by Gasteiger charge is -2.26. The van der Waals surface area contributed by atoms with Crippen LogP contribution in [0.4, 0.5) is 0 Å². The van der Waals surface area contributed by atoms with Crippen molar-refractivity contribution in [3.63, 3.8) is 0 Å². The second-order valence-electron chi connectivity index (χ2n) is 15.8. The fourth-order valence-corrected chi connectivity index (χ4v) is 11.2. The van der Waals surface area contributed by atoms with Crippen LogP contribution in [0.3, 0.4) is 0 Å². The van der Waals surface area contributed by atoms with Gasteiger partial charge < -0.3 is 0 Å². The van der Waals surface area contributed by atoms with Gasteiger partial charge in [-0.15, -0.1) is 0 Å². The summed E-state index contributed by atoms with van der Waals surface area (Å²) in [4.78, 5) is 0. The third kappa shape index (κ3) is 3.72. The predicted octanol–water partition coefficient (Wildman–Crippen LogP) is 14.4. The fourth-order valence-electron chi connectivity index (χ4n) is 11.2. The molecule has 0 radical (unpaired) electrons. The van der Waals surface area contributed by atoms with E-state index in [4.69, 9.17) is 0 Å². The summed E-state index contributed by atoms with van der Waals surface area (Å²) in [5.74, 6) is 0.415. The van der Waals surface area contributed by atoms with Crippen LogP contribution in [-0.2, 0) is 5.41 Å². The van der Waals surface area contributed by atoms with Crippen molar-refractivity contribution in [2.24, 2.45) is 5.92 Å². The van der Waals surface area contributed by atoms with Gasteiger partial charge in [0.05, 0.1) is 0 Å². The SMILES string of the molecule is C1=C2c3c(ccc4c3C3(CC13)c1c-4c(-c3ccccc3)c3ccccc3c1-c1ccccc1)-c1c2c(-c2ccccc2)c2ccccc2c1-c1ccccc1. The molecule has 254 valence electrons. The van der Waals surface area contributed by atoms with Crippen molar-refractivity contribution in [3.8, 4) is 66.8 Å². The number of hydrogen-bond donors (Lipinski definition) is 0. The maximum atomic E-state index is 2.71. The second-order valence-corrected chi connectivity index (χ2v) is 15.8. The number of rotatable bonds is 4. The van der Waals surface area contributed by atoms with E-state index in [9.17, 15) is 0 Å². The first-order valence-electron chi connectivity index (χ1n) is 19.6. The predicted molar refractivity (Wildman–Crippen MR) is 230 cm³/mol. The van der Waals surface area contributed by atoms with Gasteiger partial charge in [0.25, 0.3) is 0 Å². The van der Waals surface area contributed by atoms with Crippen molar-refractivity contribution >= 4 is 27.1 Å². The average Bonchev–Trinajstić information content (AvgIpc) is 3.82. The Labute approximate surface area is 320 Å². The van der Waals surface area contributed by atoms with Crippen LogP contribution in [0, 0.1) is 5.92 Å². The summed E-state index contributed by atoms with van der Waals surface area (Å²) in [5, 5.41) is 5.30. The van der Waals surface area contributed by atoms with Gasteiger partial charge in [0.2, 0.25) is 0 Å². The molecule has 9 aromatic rings. The van der Waals surface area contributed by atoms with Gasteiger partial charge in [-0.05, 0) is 128 Å². The lowest BCUT2D eigenvalue weighted by molar-refractivity contribution is 0.807. The topological polar surface area (TPSA) is 0 Å². The van der Waals surface area contributed by atoms with Gasteiger partial charge in [-0.1, -0.05) is 188 Å².